The predicted octanol–water partition coefficient (Wildman–Crippen LogP) is -0.130. The van der Waals surface area contributed by atoms with E-state index < -0.39 is 9.84 Å². The fraction of sp³-hybridized carbons (Fsp3) is 0.800. The number of hydrogen-bond donors (Lipinski definition) is 1. The van der Waals surface area contributed by atoms with E-state index in [1.807, 2.05) is 7.05 Å². The molecule has 2 atom stereocenters. The van der Waals surface area contributed by atoms with Gasteiger partial charge in [-0.1, -0.05) is 6.42 Å². The van der Waals surface area contributed by atoms with Gasteiger partial charge in [0.05, 0.1) is 11.8 Å². The van der Waals surface area contributed by atoms with E-state index in [4.69, 9.17) is 0 Å². The molecule has 0 aromatic carbocycles. The average molecular weight is 258 g/mol. The van der Waals surface area contributed by atoms with E-state index >= 15 is 0 Å². The second-order valence-electron chi connectivity index (χ2n) is 4.62. The zero-order chi connectivity index (χ0) is 12.5. The van der Waals surface area contributed by atoms with Gasteiger partial charge in [-0.2, -0.15) is 5.10 Å². The SMILES string of the molecule is Cn1cnc(CNC2CCCC2S(C)(=O)=O)n1. The summed E-state index contributed by atoms with van der Waals surface area (Å²) < 4.78 is 24.8. The van der Waals surface area contributed by atoms with Crippen molar-refractivity contribution in [2.75, 3.05) is 6.26 Å². The van der Waals surface area contributed by atoms with Gasteiger partial charge in [0, 0.05) is 19.3 Å². The highest BCUT2D eigenvalue weighted by Gasteiger charge is 2.34. The molecule has 0 saturated heterocycles. The van der Waals surface area contributed by atoms with Gasteiger partial charge in [-0.05, 0) is 12.8 Å². The minimum Gasteiger partial charge on any atom is -0.306 e. The van der Waals surface area contributed by atoms with Crippen LogP contribution in [0.25, 0.3) is 0 Å². The van der Waals surface area contributed by atoms with Crippen LogP contribution in [0.15, 0.2) is 6.33 Å². The largest absolute Gasteiger partial charge is 0.306 e. The summed E-state index contributed by atoms with van der Waals surface area (Å²) >= 11 is 0. The molecule has 2 unspecified atom stereocenters. The Morgan fingerprint density at radius 3 is 2.88 bits per heavy atom. The number of rotatable bonds is 4. The molecule has 1 N–H and O–H groups in total. The predicted molar refractivity (Wildman–Crippen MR) is 64.1 cm³/mol. The highest BCUT2D eigenvalue weighted by atomic mass is 32.2. The summed E-state index contributed by atoms with van der Waals surface area (Å²) in [7, 11) is -1.15. The number of nitrogens with zero attached hydrogens (tertiary/aromatic N) is 3. The quantitative estimate of drug-likeness (QED) is 0.814. The van der Waals surface area contributed by atoms with Crippen LogP contribution in [0, 0.1) is 0 Å². The van der Waals surface area contributed by atoms with Crippen molar-refractivity contribution in [1.82, 2.24) is 20.1 Å². The molecule has 1 fully saturated rings. The lowest BCUT2D eigenvalue weighted by Crippen LogP contribution is -2.39. The second-order valence-corrected chi connectivity index (χ2v) is 6.89. The van der Waals surface area contributed by atoms with Gasteiger partial charge in [-0.15, -0.1) is 0 Å². The lowest BCUT2D eigenvalue weighted by Gasteiger charge is -2.18. The molecule has 0 amide bonds. The topological polar surface area (TPSA) is 76.9 Å². The number of aryl methyl sites for hydroxylation is 1. The minimum atomic E-state index is -2.96. The summed E-state index contributed by atoms with van der Waals surface area (Å²) in [6, 6.07) is 0.0359. The van der Waals surface area contributed by atoms with Gasteiger partial charge in [-0.25, -0.2) is 13.4 Å². The molecule has 0 bridgehead atoms. The molecule has 0 radical (unpaired) electrons. The van der Waals surface area contributed by atoms with Crippen molar-refractivity contribution in [3.05, 3.63) is 12.2 Å². The van der Waals surface area contributed by atoms with E-state index in [2.05, 4.69) is 15.4 Å². The van der Waals surface area contributed by atoms with Crippen LogP contribution >= 0.6 is 0 Å². The molecule has 1 heterocycles. The maximum Gasteiger partial charge on any atom is 0.164 e. The number of aromatic nitrogens is 3. The molecule has 7 heteroatoms. The third-order valence-electron chi connectivity index (χ3n) is 3.17. The standard InChI is InChI=1S/C10H18N4O2S/c1-14-7-12-10(13-14)6-11-8-4-3-5-9(8)17(2,15)16/h7-9,11H,3-6H2,1-2H3. The van der Waals surface area contributed by atoms with E-state index in [1.165, 1.54) is 6.26 Å². The molecule has 1 aliphatic rings. The zero-order valence-electron chi connectivity index (χ0n) is 10.1. The molecule has 0 aliphatic heterocycles. The van der Waals surface area contributed by atoms with Crippen molar-refractivity contribution in [1.29, 1.82) is 0 Å². The summed E-state index contributed by atoms with van der Waals surface area (Å²) in [5.74, 6) is 0.701. The fourth-order valence-electron chi connectivity index (χ4n) is 2.36. The van der Waals surface area contributed by atoms with Crippen molar-refractivity contribution in [2.45, 2.75) is 37.1 Å². The second kappa shape index (κ2) is 4.73. The highest BCUT2D eigenvalue weighted by molar-refractivity contribution is 7.91. The van der Waals surface area contributed by atoms with Crippen molar-refractivity contribution in [3.63, 3.8) is 0 Å². The minimum absolute atomic E-state index is 0.0359. The summed E-state index contributed by atoms with van der Waals surface area (Å²) in [6.45, 7) is 0.525. The van der Waals surface area contributed by atoms with Gasteiger partial charge in [0.15, 0.2) is 15.7 Å². The average Bonchev–Trinajstić information content (AvgIpc) is 2.81. The van der Waals surface area contributed by atoms with Crippen LogP contribution in [0.1, 0.15) is 25.1 Å². The normalized spacial score (nSPS) is 25.3. The van der Waals surface area contributed by atoms with Gasteiger partial charge in [0.2, 0.25) is 0 Å². The van der Waals surface area contributed by atoms with Gasteiger partial charge in [-0.3, -0.25) is 4.68 Å². The van der Waals surface area contributed by atoms with Gasteiger partial charge in [0.25, 0.3) is 0 Å². The highest BCUT2D eigenvalue weighted by Crippen LogP contribution is 2.25. The molecule has 1 saturated carbocycles. The fourth-order valence-corrected chi connectivity index (χ4v) is 3.78. The Bertz CT molecular complexity index is 482. The summed E-state index contributed by atoms with van der Waals surface area (Å²) in [4.78, 5) is 4.10. The van der Waals surface area contributed by atoms with Crippen molar-refractivity contribution < 1.29 is 8.42 Å². The molecular formula is C10H18N4O2S. The Balaban J connectivity index is 1.95. The van der Waals surface area contributed by atoms with E-state index in [9.17, 15) is 8.42 Å². The van der Waals surface area contributed by atoms with Crippen LogP contribution in [0.4, 0.5) is 0 Å². The third kappa shape index (κ3) is 3.04. The lowest BCUT2D eigenvalue weighted by atomic mass is 10.2. The van der Waals surface area contributed by atoms with E-state index in [1.54, 1.807) is 11.0 Å². The number of sulfone groups is 1. The molecular weight excluding hydrogens is 240 g/mol. The molecule has 1 aromatic heterocycles. The van der Waals surface area contributed by atoms with Gasteiger partial charge in [0.1, 0.15) is 6.33 Å². The first-order valence-electron chi connectivity index (χ1n) is 5.73. The molecule has 1 aromatic rings. The Hall–Kier alpha value is -0.950. The third-order valence-corrected chi connectivity index (χ3v) is 4.84. The molecule has 0 spiro atoms. The Morgan fingerprint density at radius 1 is 1.53 bits per heavy atom. The molecule has 2 rings (SSSR count). The maximum absolute atomic E-state index is 11.6. The number of hydrogen-bond acceptors (Lipinski definition) is 5. The molecule has 1 aliphatic carbocycles. The van der Waals surface area contributed by atoms with E-state index in [0.717, 1.165) is 19.3 Å². The first-order valence-corrected chi connectivity index (χ1v) is 7.69. The van der Waals surface area contributed by atoms with Crippen LogP contribution in [0.2, 0.25) is 0 Å². The molecule has 17 heavy (non-hydrogen) atoms. The number of nitrogens with one attached hydrogen (secondary N) is 1. The lowest BCUT2D eigenvalue weighted by molar-refractivity contribution is 0.498. The molecule has 96 valence electrons. The Morgan fingerprint density at radius 2 is 2.29 bits per heavy atom. The van der Waals surface area contributed by atoms with Crippen molar-refractivity contribution >= 4 is 9.84 Å². The van der Waals surface area contributed by atoms with Gasteiger partial charge >= 0.3 is 0 Å². The first kappa shape index (κ1) is 12.5. The van der Waals surface area contributed by atoms with E-state index in [-0.39, 0.29) is 11.3 Å². The molecule has 6 nitrogen and oxygen atoms in total. The van der Waals surface area contributed by atoms with Crippen LogP contribution in [-0.2, 0) is 23.4 Å². The first-order chi connectivity index (χ1) is 7.97. The van der Waals surface area contributed by atoms with Crippen LogP contribution in [0.5, 0.6) is 0 Å². The monoisotopic (exact) mass is 258 g/mol. The van der Waals surface area contributed by atoms with Crippen LogP contribution in [-0.4, -0.2) is 40.7 Å². The summed E-state index contributed by atoms with van der Waals surface area (Å²) in [5, 5.41) is 7.14. The van der Waals surface area contributed by atoms with Gasteiger partial charge < -0.3 is 5.32 Å². The van der Waals surface area contributed by atoms with Crippen LogP contribution in [0.3, 0.4) is 0 Å². The zero-order valence-corrected chi connectivity index (χ0v) is 10.9. The maximum atomic E-state index is 11.6. The summed E-state index contributed by atoms with van der Waals surface area (Å²) in [5.41, 5.74) is 0. The van der Waals surface area contributed by atoms with E-state index in [0.29, 0.717) is 12.4 Å². The van der Waals surface area contributed by atoms with Crippen LogP contribution < -0.4 is 5.32 Å². The smallest absolute Gasteiger partial charge is 0.164 e. The summed E-state index contributed by atoms with van der Waals surface area (Å²) in [6.07, 6.45) is 5.58. The van der Waals surface area contributed by atoms with Crippen molar-refractivity contribution in [2.24, 2.45) is 7.05 Å². The van der Waals surface area contributed by atoms with Crippen molar-refractivity contribution in [3.8, 4) is 0 Å². The Kier molecular flexibility index (Phi) is 3.48. The Labute approximate surface area is 101 Å².